The highest BCUT2D eigenvalue weighted by molar-refractivity contribution is 6.14. The van der Waals surface area contributed by atoms with E-state index in [1.807, 2.05) is 31.4 Å². The van der Waals surface area contributed by atoms with Gasteiger partial charge < -0.3 is 15.0 Å². The molecular weight excluding hydrogens is 322 g/mol. The van der Waals surface area contributed by atoms with Crippen LogP contribution in [-0.4, -0.2) is 27.6 Å². The minimum absolute atomic E-state index is 0.197. The van der Waals surface area contributed by atoms with E-state index in [1.54, 1.807) is 24.3 Å². The molecule has 0 radical (unpaired) electrons. The molecule has 0 spiro atoms. The number of carbonyl (C=O) groups is 3. The molecule has 3 rings (SSSR count). The summed E-state index contributed by atoms with van der Waals surface area (Å²) < 4.78 is 1.99. The van der Waals surface area contributed by atoms with E-state index in [0.29, 0.717) is 0 Å². The van der Waals surface area contributed by atoms with Gasteiger partial charge >= 0.3 is 12.0 Å². The lowest BCUT2D eigenvalue weighted by Gasteiger charge is -2.13. The van der Waals surface area contributed by atoms with E-state index in [9.17, 15) is 14.4 Å². The third-order valence-corrected chi connectivity index (χ3v) is 4.17. The topological polar surface area (TPSA) is 100 Å². The number of hydrogen-bond acceptors (Lipinski definition) is 3. The smallest absolute Gasteiger partial charge is 0.335 e. The fraction of sp³-hybridized carbons (Fsp3) is 0.167. The number of amides is 3. The third-order valence-electron chi connectivity index (χ3n) is 4.17. The molecule has 0 unspecified atom stereocenters. The summed E-state index contributed by atoms with van der Waals surface area (Å²) in [6.45, 7) is 5.68. The van der Waals surface area contributed by atoms with E-state index in [2.05, 4.69) is 10.6 Å². The highest BCUT2D eigenvalue weighted by atomic mass is 16.4. The summed E-state index contributed by atoms with van der Waals surface area (Å²) in [7, 11) is 0. The molecule has 1 aliphatic rings. The maximum absolute atomic E-state index is 11.7. The van der Waals surface area contributed by atoms with Crippen molar-refractivity contribution in [2.75, 3.05) is 0 Å². The van der Waals surface area contributed by atoms with Crippen LogP contribution in [-0.2, 0) is 4.79 Å². The molecular formula is C18H17N3O4. The Kier molecular flexibility index (Phi) is 3.92. The number of carbonyl (C=O) groups excluding carboxylic acids is 2. The highest BCUT2D eigenvalue weighted by Crippen LogP contribution is 2.25. The van der Waals surface area contributed by atoms with Gasteiger partial charge in [-0.15, -0.1) is 0 Å². The number of urea groups is 1. The molecule has 0 bridgehead atoms. The van der Waals surface area contributed by atoms with Crippen molar-refractivity contribution in [2.45, 2.75) is 20.8 Å². The maximum atomic E-state index is 11.7. The molecule has 1 saturated heterocycles. The van der Waals surface area contributed by atoms with Crippen LogP contribution in [0, 0.1) is 20.8 Å². The normalized spacial score (nSPS) is 15.4. The van der Waals surface area contributed by atoms with Crippen LogP contribution >= 0.6 is 0 Å². The molecule has 2 heterocycles. The Morgan fingerprint density at radius 3 is 2.40 bits per heavy atom. The second-order valence-corrected chi connectivity index (χ2v) is 5.93. The zero-order chi connectivity index (χ0) is 18.3. The average Bonchev–Trinajstić information content (AvgIpc) is 2.99. The zero-order valence-electron chi connectivity index (χ0n) is 14.0. The minimum Gasteiger partial charge on any atom is -0.478 e. The molecule has 2 aromatic rings. The van der Waals surface area contributed by atoms with Crippen molar-refractivity contribution in [3.63, 3.8) is 0 Å². The van der Waals surface area contributed by atoms with E-state index in [1.165, 1.54) is 0 Å². The SMILES string of the molecule is Cc1cc(C(=O)O)ccc1-n1c(C)cc(C=C2NC(=O)NC2=O)c1C. The fourth-order valence-electron chi connectivity index (χ4n) is 2.98. The van der Waals surface area contributed by atoms with E-state index in [0.717, 1.165) is 28.2 Å². The van der Waals surface area contributed by atoms with E-state index < -0.39 is 17.9 Å². The summed E-state index contributed by atoms with van der Waals surface area (Å²) in [5, 5.41) is 13.7. The van der Waals surface area contributed by atoms with Gasteiger partial charge in [-0.3, -0.25) is 10.1 Å². The van der Waals surface area contributed by atoms with Gasteiger partial charge in [0.1, 0.15) is 5.70 Å². The summed E-state index contributed by atoms with van der Waals surface area (Å²) in [5.74, 6) is -1.43. The van der Waals surface area contributed by atoms with Crippen molar-refractivity contribution in [1.29, 1.82) is 0 Å². The van der Waals surface area contributed by atoms with Gasteiger partial charge in [0, 0.05) is 17.1 Å². The van der Waals surface area contributed by atoms with E-state index in [4.69, 9.17) is 5.11 Å². The quantitative estimate of drug-likeness (QED) is 0.590. The Labute approximate surface area is 144 Å². The number of carboxylic acids is 1. The van der Waals surface area contributed by atoms with Crippen molar-refractivity contribution in [3.05, 3.63) is 58.0 Å². The van der Waals surface area contributed by atoms with Crippen LogP contribution in [0.3, 0.4) is 0 Å². The first-order valence-corrected chi connectivity index (χ1v) is 7.65. The number of aromatic nitrogens is 1. The molecule has 128 valence electrons. The maximum Gasteiger partial charge on any atom is 0.335 e. The molecule has 25 heavy (non-hydrogen) atoms. The van der Waals surface area contributed by atoms with Gasteiger partial charge in [0.25, 0.3) is 5.91 Å². The molecule has 0 aliphatic carbocycles. The number of imide groups is 1. The van der Waals surface area contributed by atoms with Crippen LogP contribution in [0.5, 0.6) is 0 Å². The minimum atomic E-state index is -0.969. The first kappa shape index (κ1) is 16.5. The molecule has 1 aromatic carbocycles. The van der Waals surface area contributed by atoms with Gasteiger partial charge in [0.05, 0.1) is 5.56 Å². The number of nitrogens with zero attached hydrogens (tertiary/aromatic N) is 1. The number of rotatable bonds is 3. The number of hydrogen-bond donors (Lipinski definition) is 3. The summed E-state index contributed by atoms with van der Waals surface area (Å²) >= 11 is 0. The number of benzene rings is 1. The summed E-state index contributed by atoms with van der Waals surface area (Å²) in [6.07, 6.45) is 1.63. The van der Waals surface area contributed by atoms with Crippen molar-refractivity contribution in [1.82, 2.24) is 15.2 Å². The number of aromatic carboxylic acids is 1. The predicted octanol–water partition coefficient (Wildman–Crippen LogP) is 2.28. The third kappa shape index (κ3) is 2.91. The molecule has 1 fully saturated rings. The van der Waals surface area contributed by atoms with Gasteiger partial charge in [-0.25, -0.2) is 9.59 Å². The van der Waals surface area contributed by atoms with Gasteiger partial charge in [-0.05, 0) is 62.2 Å². The Hall–Kier alpha value is -3.35. The van der Waals surface area contributed by atoms with Crippen LogP contribution in [0.15, 0.2) is 30.0 Å². The lowest BCUT2D eigenvalue weighted by Crippen LogP contribution is -2.22. The first-order valence-electron chi connectivity index (χ1n) is 7.65. The summed E-state index contributed by atoms with van der Waals surface area (Å²) in [5.41, 5.74) is 4.73. The van der Waals surface area contributed by atoms with E-state index in [-0.39, 0.29) is 11.3 Å². The molecule has 3 N–H and O–H groups in total. The molecule has 7 nitrogen and oxygen atoms in total. The standard InChI is InChI=1S/C18H17N3O4/c1-9-6-12(17(23)24)4-5-15(9)21-10(2)7-13(11(21)3)8-14-16(22)20-18(25)19-14/h4-8H,1-3H3,(H,23,24)(H2,19,20,22,25). The second-order valence-electron chi connectivity index (χ2n) is 5.93. The summed E-state index contributed by atoms with van der Waals surface area (Å²) in [4.78, 5) is 34.0. The second kappa shape index (κ2) is 5.94. The Morgan fingerprint density at radius 1 is 1.12 bits per heavy atom. The lowest BCUT2D eigenvalue weighted by atomic mass is 10.1. The van der Waals surface area contributed by atoms with Crippen molar-refractivity contribution in [2.24, 2.45) is 0 Å². The van der Waals surface area contributed by atoms with Crippen molar-refractivity contribution in [3.8, 4) is 5.69 Å². The Morgan fingerprint density at radius 2 is 1.84 bits per heavy atom. The summed E-state index contributed by atoms with van der Waals surface area (Å²) in [6, 6.07) is 6.32. The Bertz CT molecular complexity index is 953. The molecule has 3 amide bonds. The highest BCUT2D eigenvalue weighted by Gasteiger charge is 2.23. The monoisotopic (exact) mass is 339 g/mol. The molecule has 1 aliphatic heterocycles. The zero-order valence-corrected chi connectivity index (χ0v) is 14.0. The molecule has 0 atom stereocenters. The number of nitrogens with one attached hydrogen (secondary N) is 2. The Balaban J connectivity index is 2.07. The van der Waals surface area contributed by atoms with Crippen molar-refractivity contribution < 1.29 is 19.5 Å². The van der Waals surface area contributed by atoms with Crippen LogP contribution < -0.4 is 10.6 Å². The fourth-order valence-corrected chi connectivity index (χ4v) is 2.98. The number of carboxylic acid groups (broad SMARTS) is 1. The predicted molar refractivity (Wildman–Crippen MR) is 91.6 cm³/mol. The average molecular weight is 339 g/mol. The van der Waals surface area contributed by atoms with Gasteiger partial charge in [0.15, 0.2) is 0 Å². The van der Waals surface area contributed by atoms with Gasteiger partial charge in [0.2, 0.25) is 0 Å². The van der Waals surface area contributed by atoms with Crippen LogP contribution in [0.25, 0.3) is 11.8 Å². The van der Waals surface area contributed by atoms with Crippen LogP contribution in [0.2, 0.25) is 0 Å². The van der Waals surface area contributed by atoms with Gasteiger partial charge in [-0.1, -0.05) is 0 Å². The molecule has 0 saturated carbocycles. The first-order chi connectivity index (χ1) is 11.8. The van der Waals surface area contributed by atoms with Crippen molar-refractivity contribution >= 4 is 24.0 Å². The largest absolute Gasteiger partial charge is 0.478 e. The van der Waals surface area contributed by atoms with Crippen LogP contribution in [0.4, 0.5) is 4.79 Å². The molecule has 7 heteroatoms. The molecule has 1 aromatic heterocycles. The van der Waals surface area contributed by atoms with E-state index >= 15 is 0 Å². The van der Waals surface area contributed by atoms with Gasteiger partial charge in [-0.2, -0.15) is 0 Å². The lowest BCUT2D eigenvalue weighted by molar-refractivity contribution is -0.115. The van der Waals surface area contributed by atoms with Crippen LogP contribution in [0.1, 0.15) is 32.9 Å². The number of aryl methyl sites for hydroxylation is 2.